The summed E-state index contributed by atoms with van der Waals surface area (Å²) in [5.41, 5.74) is 4.75. The monoisotopic (exact) mass is 596 g/mol. The summed E-state index contributed by atoms with van der Waals surface area (Å²) in [6, 6.07) is 6.06. The maximum absolute atomic E-state index is 13.0. The van der Waals surface area contributed by atoms with Crippen molar-refractivity contribution in [2.45, 2.75) is 96.6 Å². The van der Waals surface area contributed by atoms with Gasteiger partial charge in [-0.1, -0.05) is 72.3 Å². The highest BCUT2D eigenvalue weighted by Crippen LogP contribution is 2.33. The van der Waals surface area contributed by atoms with E-state index in [0.29, 0.717) is 31.0 Å². The van der Waals surface area contributed by atoms with E-state index >= 15 is 0 Å². The summed E-state index contributed by atoms with van der Waals surface area (Å²) < 4.78 is 39.0. The molecule has 1 aromatic heterocycles. The van der Waals surface area contributed by atoms with Gasteiger partial charge in [0.25, 0.3) is 5.91 Å². The molecule has 0 radical (unpaired) electrons. The highest BCUT2D eigenvalue weighted by Gasteiger charge is 2.31. The summed E-state index contributed by atoms with van der Waals surface area (Å²) >= 11 is 1.44. The number of anilines is 2. The van der Waals surface area contributed by atoms with Gasteiger partial charge in [0.1, 0.15) is 0 Å². The number of nitrogens with two attached hydrogens (primary N) is 1. The average molecular weight is 597 g/mol. The molecule has 0 unspecified atom stereocenters. The first-order valence-electron chi connectivity index (χ1n) is 14.6. The minimum atomic E-state index is -4.53. The summed E-state index contributed by atoms with van der Waals surface area (Å²) in [7, 11) is 0. The Morgan fingerprint density at radius 2 is 1.66 bits per heavy atom. The predicted molar refractivity (Wildman–Crippen MR) is 165 cm³/mol. The van der Waals surface area contributed by atoms with Crippen molar-refractivity contribution in [2.24, 2.45) is 11.7 Å². The van der Waals surface area contributed by atoms with E-state index in [-0.39, 0.29) is 17.4 Å². The van der Waals surface area contributed by atoms with Crippen LogP contribution in [0, 0.1) is 5.92 Å². The molecule has 1 saturated heterocycles. The van der Waals surface area contributed by atoms with Gasteiger partial charge in [0, 0.05) is 36.2 Å². The molecule has 0 bridgehead atoms. The van der Waals surface area contributed by atoms with E-state index < -0.39 is 17.6 Å². The number of amides is 2. The van der Waals surface area contributed by atoms with Crippen molar-refractivity contribution < 1.29 is 22.8 Å². The van der Waals surface area contributed by atoms with Gasteiger partial charge < -0.3 is 16.0 Å². The van der Waals surface area contributed by atoms with Crippen LogP contribution in [-0.2, 0) is 11.0 Å². The van der Waals surface area contributed by atoms with E-state index in [0.717, 1.165) is 29.9 Å². The lowest BCUT2D eigenvalue weighted by Gasteiger charge is -2.33. The minimum Gasteiger partial charge on any atom is -0.370 e. The normalized spacial score (nSPS) is 13.4. The number of hydrogen-bond donors (Lipinski definition) is 2. The van der Waals surface area contributed by atoms with Crippen molar-refractivity contribution in [3.63, 3.8) is 0 Å². The highest BCUT2D eigenvalue weighted by molar-refractivity contribution is 7.98. The SMILES string of the molecule is CC.CCCCCCCC.CSc1cnc(N2CCC(CC(N)=O)CC2)c(NC(=O)c2cccc(C(F)(F)F)c2)c1. The second-order valence-corrected chi connectivity index (χ2v) is 10.7. The van der Waals surface area contributed by atoms with Gasteiger partial charge in [0.05, 0.1) is 11.3 Å². The Balaban J connectivity index is 0.000000725. The Hall–Kier alpha value is -2.75. The first-order valence-corrected chi connectivity index (χ1v) is 15.9. The Labute approximate surface area is 248 Å². The molecule has 0 saturated carbocycles. The fraction of sp³-hybridized carbons (Fsp3) is 0.581. The number of rotatable bonds is 11. The zero-order valence-electron chi connectivity index (χ0n) is 25.2. The van der Waals surface area contributed by atoms with Gasteiger partial charge in [-0.15, -0.1) is 11.8 Å². The summed E-state index contributed by atoms with van der Waals surface area (Å²) in [5.74, 6) is -0.205. The molecule has 2 amide bonds. The summed E-state index contributed by atoms with van der Waals surface area (Å²) in [6.45, 7) is 9.78. The zero-order chi connectivity index (χ0) is 30.8. The van der Waals surface area contributed by atoms with E-state index in [1.165, 1.54) is 62.4 Å². The molecule has 6 nitrogen and oxygen atoms in total. The molecular weight excluding hydrogens is 549 g/mol. The van der Waals surface area contributed by atoms with E-state index in [1.807, 2.05) is 25.0 Å². The molecule has 2 heterocycles. The number of nitrogens with zero attached hydrogens (tertiary/aromatic N) is 2. The number of alkyl halides is 3. The van der Waals surface area contributed by atoms with Crippen molar-refractivity contribution in [3.05, 3.63) is 47.7 Å². The van der Waals surface area contributed by atoms with Crippen molar-refractivity contribution in [2.75, 3.05) is 29.6 Å². The van der Waals surface area contributed by atoms with Crippen LogP contribution < -0.4 is 16.0 Å². The second kappa shape index (κ2) is 19.4. The van der Waals surface area contributed by atoms with Crippen LogP contribution in [0.3, 0.4) is 0 Å². The molecule has 0 spiro atoms. The summed E-state index contributed by atoms with van der Waals surface area (Å²) in [5, 5.41) is 2.72. The lowest BCUT2D eigenvalue weighted by Crippen LogP contribution is -2.36. The Morgan fingerprint density at radius 3 is 2.17 bits per heavy atom. The minimum absolute atomic E-state index is 0.0875. The molecule has 3 N–H and O–H groups in total. The topological polar surface area (TPSA) is 88.3 Å². The first kappa shape index (κ1) is 36.3. The number of unbranched alkanes of at least 4 members (excludes halogenated alkanes) is 5. The highest BCUT2D eigenvalue weighted by atomic mass is 32.2. The summed E-state index contributed by atoms with van der Waals surface area (Å²) in [4.78, 5) is 31.2. The molecule has 3 rings (SSSR count). The Kier molecular flexibility index (Phi) is 17.2. The first-order chi connectivity index (χ1) is 19.6. The average Bonchev–Trinajstić information content (AvgIpc) is 2.96. The van der Waals surface area contributed by atoms with Crippen molar-refractivity contribution >= 4 is 35.1 Å². The van der Waals surface area contributed by atoms with Crippen molar-refractivity contribution in [1.29, 1.82) is 0 Å². The van der Waals surface area contributed by atoms with Crippen LogP contribution in [0.5, 0.6) is 0 Å². The van der Waals surface area contributed by atoms with Gasteiger partial charge in [-0.3, -0.25) is 9.59 Å². The number of piperidine rings is 1. The number of hydrogen-bond acceptors (Lipinski definition) is 5. The van der Waals surface area contributed by atoms with Gasteiger partial charge in [0.15, 0.2) is 5.82 Å². The quantitative estimate of drug-likeness (QED) is 0.200. The predicted octanol–water partition coefficient (Wildman–Crippen LogP) is 8.56. The molecule has 0 atom stereocenters. The van der Waals surface area contributed by atoms with Crippen LogP contribution in [0.2, 0.25) is 0 Å². The third kappa shape index (κ3) is 13.2. The molecule has 1 aliphatic rings. The van der Waals surface area contributed by atoms with Crippen LogP contribution in [0.1, 0.15) is 101 Å². The van der Waals surface area contributed by atoms with Gasteiger partial charge in [-0.05, 0) is 49.3 Å². The fourth-order valence-electron chi connectivity index (χ4n) is 4.41. The number of pyridine rings is 1. The van der Waals surface area contributed by atoms with Crippen LogP contribution in [0.4, 0.5) is 24.7 Å². The summed E-state index contributed by atoms with van der Waals surface area (Å²) in [6.07, 6.45) is 9.37. The molecule has 0 aliphatic carbocycles. The van der Waals surface area contributed by atoms with E-state index in [2.05, 4.69) is 24.1 Å². The van der Waals surface area contributed by atoms with Gasteiger partial charge >= 0.3 is 6.18 Å². The van der Waals surface area contributed by atoms with Crippen molar-refractivity contribution in [3.8, 4) is 0 Å². The molecule has 2 aromatic rings. The number of aromatic nitrogens is 1. The largest absolute Gasteiger partial charge is 0.416 e. The molecule has 1 aliphatic heterocycles. The number of halogens is 3. The van der Waals surface area contributed by atoms with E-state index in [1.54, 1.807) is 12.3 Å². The third-order valence-corrected chi connectivity index (χ3v) is 7.33. The maximum Gasteiger partial charge on any atom is 0.416 e. The van der Waals surface area contributed by atoms with Crippen LogP contribution >= 0.6 is 11.8 Å². The molecular formula is C31H47F3N4O2S. The molecule has 230 valence electrons. The van der Waals surface area contributed by atoms with Crippen LogP contribution in [0.15, 0.2) is 41.4 Å². The maximum atomic E-state index is 13.0. The third-order valence-electron chi connectivity index (χ3n) is 6.64. The standard InChI is InChI=1S/C21H23F3N4O2S.C8H18.C2H6/c1-31-16-11-17(27-20(30)14-3-2-4-15(10-14)21(22,23)24)19(26-12-16)28-7-5-13(6-8-28)9-18(25)29;1-3-5-7-8-6-4-2;1-2/h2-4,10-13H,5-9H2,1H3,(H2,25,29)(H,27,30);3-8H2,1-2H3;1-2H3. The number of benzene rings is 1. The smallest absolute Gasteiger partial charge is 0.370 e. The van der Waals surface area contributed by atoms with Crippen LogP contribution in [-0.4, -0.2) is 36.1 Å². The Bertz CT molecular complexity index is 1050. The molecule has 1 aromatic carbocycles. The second-order valence-electron chi connectivity index (χ2n) is 9.79. The molecule has 10 heteroatoms. The number of carbonyl (C=O) groups is 2. The lowest BCUT2D eigenvalue weighted by molar-refractivity contribution is -0.137. The number of primary amides is 1. The number of carbonyl (C=O) groups excluding carboxylic acids is 2. The number of nitrogens with one attached hydrogen (secondary N) is 1. The molecule has 41 heavy (non-hydrogen) atoms. The van der Waals surface area contributed by atoms with Gasteiger partial charge in [0.2, 0.25) is 5.91 Å². The zero-order valence-corrected chi connectivity index (χ0v) is 26.0. The van der Waals surface area contributed by atoms with E-state index in [9.17, 15) is 22.8 Å². The lowest BCUT2D eigenvalue weighted by atomic mass is 9.93. The molecule has 1 fully saturated rings. The van der Waals surface area contributed by atoms with Crippen LogP contribution in [0.25, 0.3) is 0 Å². The van der Waals surface area contributed by atoms with Crippen molar-refractivity contribution in [1.82, 2.24) is 4.98 Å². The fourth-order valence-corrected chi connectivity index (χ4v) is 4.81. The Morgan fingerprint density at radius 1 is 1.05 bits per heavy atom. The van der Waals surface area contributed by atoms with Gasteiger partial charge in [-0.25, -0.2) is 4.98 Å². The van der Waals surface area contributed by atoms with Gasteiger partial charge in [-0.2, -0.15) is 13.2 Å². The van der Waals surface area contributed by atoms with E-state index in [4.69, 9.17) is 5.73 Å². The number of thioether (sulfide) groups is 1.